The number of benzene rings is 1. The lowest BCUT2D eigenvalue weighted by Gasteiger charge is -2.16. The van der Waals surface area contributed by atoms with Crippen LogP contribution in [0.25, 0.3) is 0 Å². The van der Waals surface area contributed by atoms with E-state index >= 15 is 0 Å². The highest BCUT2D eigenvalue weighted by Gasteiger charge is 2.11. The van der Waals surface area contributed by atoms with Crippen LogP contribution >= 0.6 is 34.2 Å². The van der Waals surface area contributed by atoms with Gasteiger partial charge in [-0.1, -0.05) is 11.6 Å². The van der Waals surface area contributed by atoms with Gasteiger partial charge >= 0.3 is 0 Å². The van der Waals surface area contributed by atoms with Gasteiger partial charge in [-0.15, -0.1) is 0 Å². The van der Waals surface area contributed by atoms with E-state index in [1.807, 2.05) is 36.0 Å². The summed E-state index contributed by atoms with van der Waals surface area (Å²) in [6.45, 7) is 2.07. The highest BCUT2D eigenvalue weighted by atomic mass is 127. The van der Waals surface area contributed by atoms with E-state index in [1.54, 1.807) is 6.20 Å². The van der Waals surface area contributed by atoms with E-state index in [1.165, 1.54) is 0 Å². The maximum absolute atomic E-state index is 6.18. The van der Waals surface area contributed by atoms with E-state index in [4.69, 9.17) is 11.6 Å². The molecule has 0 fully saturated rings. The molecule has 5 heteroatoms. The largest absolute Gasteiger partial charge is 0.374 e. The van der Waals surface area contributed by atoms with Crippen LogP contribution in [0.15, 0.2) is 30.6 Å². The highest BCUT2D eigenvalue weighted by Crippen LogP contribution is 2.27. The second-order valence-corrected chi connectivity index (χ2v) is 5.54. The summed E-state index contributed by atoms with van der Waals surface area (Å²) in [5.74, 6) is 0.986. The molecule has 0 bridgehead atoms. The molecule has 0 aliphatic carbocycles. The number of anilines is 1. The van der Waals surface area contributed by atoms with Crippen molar-refractivity contribution in [2.45, 2.75) is 13.0 Å². The number of aromatic nitrogens is 2. The van der Waals surface area contributed by atoms with Gasteiger partial charge in [0.15, 0.2) is 0 Å². The highest BCUT2D eigenvalue weighted by molar-refractivity contribution is 14.1. The van der Waals surface area contributed by atoms with Crippen LogP contribution in [0.1, 0.15) is 18.8 Å². The Kier molecular flexibility index (Phi) is 3.93. The quantitative estimate of drug-likeness (QED) is 0.842. The van der Waals surface area contributed by atoms with Gasteiger partial charge in [0.05, 0.1) is 16.8 Å². The molecule has 1 aromatic heterocycles. The molecule has 1 heterocycles. The summed E-state index contributed by atoms with van der Waals surface area (Å²) < 4.78 is 3.13. The number of nitrogens with one attached hydrogen (secondary N) is 1. The van der Waals surface area contributed by atoms with Gasteiger partial charge in [0.1, 0.15) is 5.82 Å². The number of rotatable bonds is 3. The van der Waals surface area contributed by atoms with Crippen molar-refractivity contribution in [2.75, 3.05) is 5.32 Å². The van der Waals surface area contributed by atoms with E-state index in [0.29, 0.717) is 0 Å². The van der Waals surface area contributed by atoms with Crippen LogP contribution in [0.4, 0.5) is 5.69 Å². The molecule has 1 N–H and O–H groups in total. The smallest absolute Gasteiger partial charge is 0.130 e. The standard InChI is InChI=1S/C12H13ClIN3/c1-8(12-15-5-6-17(12)2)16-11-4-3-9(14)7-10(11)13/h3-8,16H,1-2H3. The van der Waals surface area contributed by atoms with E-state index in [-0.39, 0.29) is 6.04 Å². The number of imidazole rings is 1. The molecule has 1 aromatic carbocycles. The second kappa shape index (κ2) is 5.27. The van der Waals surface area contributed by atoms with Gasteiger partial charge in [0.25, 0.3) is 0 Å². The zero-order valence-corrected chi connectivity index (χ0v) is 12.5. The molecular formula is C12H13ClIN3. The number of hydrogen-bond acceptors (Lipinski definition) is 2. The van der Waals surface area contributed by atoms with Crippen LogP contribution in [0, 0.1) is 3.57 Å². The minimum absolute atomic E-state index is 0.118. The van der Waals surface area contributed by atoms with Crippen molar-refractivity contribution in [3.05, 3.63) is 45.0 Å². The summed E-state index contributed by atoms with van der Waals surface area (Å²) in [5, 5.41) is 4.10. The molecule has 0 aliphatic heterocycles. The molecule has 90 valence electrons. The molecule has 3 nitrogen and oxygen atoms in total. The number of nitrogens with zero attached hydrogens (tertiary/aromatic N) is 2. The molecule has 0 saturated heterocycles. The third kappa shape index (κ3) is 2.93. The topological polar surface area (TPSA) is 29.9 Å². The molecule has 1 unspecified atom stereocenters. The number of halogens is 2. The predicted molar refractivity (Wildman–Crippen MR) is 79.4 cm³/mol. The molecule has 0 spiro atoms. The third-order valence-electron chi connectivity index (χ3n) is 2.55. The summed E-state index contributed by atoms with van der Waals surface area (Å²) in [5.41, 5.74) is 0.933. The summed E-state index contributed by atoms with van der Waals surface area (Å²) in [6, 6.07) is 6.08. The van der Waals surface area contributed by atoms with E-state index in [2.05, 4.69) is 39.8 Å². The van der Waals surface area contributed by atoms with Crippen LogP contribution in [-0.2, 0) is 7.05 Å². The Morgan fingerprint density at radius 2 is 2.24 bits per heavy atom. The molecule has 0 amide bonds. The Labute approximate surface area is 119 Å². The van der Waals surface area contributed by atoms with Crippen molar-refractivity contribution in [1.29, 1.82) is 0 Å². The van der Waals surface area contributed by atoms with Gasteiger partial charge in [-0.25, -0.2) is 4.98 Å². The second-order valence-electron chi connectivity index (χ2n) is 3.89. The molecule has 2 aromatic rings. The van der Waals surface area contributed by atoms with Crippen LogP contribution in [0.2, 0.25) is 5.02 Å². The number of aryl methyl sites for hydroxylation is 1. The summed E-state index contributed by atoms with van der Waals surface area (Å²) in [7, 11) is 1.98. The zero-order chi connectivity index (χ0) is 12.4. The fraction of sp³-hybridized carbons (Fsp3) is 0.250. The first-order valence-electron chi connectivity index (χ1n) is 5.26. The Morgan fingerprint density at radius 3 is 2.82 bits per heavy atom. The summed E-state index contributed by atoms with van der Waals surface area (Å²) in [6.07, 6.45) is 3.73. The molecule has 17 heavy (non-hydrogen) atoms. The molecule has 1 atom stereocenters. The summed E-state index contributed by atoms with van der Waals surface area (Å²) >= 11 is 8.42. The SMILES string of the molecule is CC(Nc1ccc(I)cc1Cl)c1nccn1C. The Hall–Kier alpha value is -0.750. The normalized spacial score (nSPS) is 12.5. The molecule has 2 rings (SSSR count). The average Bonchev–Trinajstić information content (AvgIpc) is 2.68. The van der Waals surface area contributed by atoms with E-state index in [9.17, 15) is 0 Å². The Morgan fingerprint density at radius 1 is 1.47 bits per heavy atom. The average molecular weight is 362 g/mol. The molecule has 0 aliphatic rings. The summed E-state index contributed by atoms with van der Waals surface area (Å²) in [4.78, 5) is 4.31. The first kappa shape index (κ1) is 12.7. The van der Waals surface area contributed by atoms with Gasteiger partial charge in [0.2, 0.25) is 0 Å². The van der Waals surface area contributed by atoms with E-state index < -0.39 is 0 Å². The fourth-order valence-corrected chi connectivity index (χ4v) is 2.61. The van der Waals surface area contributed by atoms with Crippen molar-refractivity contribution < 1.29 is 0 Å². The van der Waals surface area contributed by atoms with Crippen molar-refractivity contribution in [3.63, 3.8) is 0 Å². The Bertz CT molecular complexity index is 524. The molecular weight excluding hydrogens is 349 g/mol. The monoisotopic (exact) mass is 361 g/mol. The molecule has 0 radical (unpaired) electrons. The predicted octanol–water partition coefficient (Wildman–Crippen LogP) is 3.85. The Balaban J connectivity index is 2.19. The van der Waals surface area contributed by atoms with Gasteiger partial charge in [0, 0.05) is 23.0 Å². The van der Waals surface area contributed by atoms with Crippen molar-refractivity contribution in [3.8, 4) is 0 Å². The lowest BCUT2D eigenvalue weighted by Crippen LogP contribution is -2.12. The van der Waals surface area contributed by atoms with Crippen LogP contribution in [0.3, 0.4) is 0 Å². The first-order chi connectivity index (χ1) is 8.08. The van der Waals surface area contributed by atoms with Gasteiger partial charge < -0.3 is 9.88 Å². The maximum Gasteiger partial charge on any atom is 0.130 e. The zero-order valence-electron chi connectivity index (χ0n) is 9.61. The van der Waals surface area contributed by atoms with Crippen molar-refractivity contribution >= 4 is 39.9 Å². The first-order valence-corrected chi connectivity index (χ1v) is 6.72. The minimum atomic E-state index is 0.118. The van der Waals surface area contributed by atoms with Crippen molar-refractivity contribution in [2.24, 2.45) is 7.05 Å². The number of hydrogen-bond donors (Lipinski definition) is 1. The molecule has 0 saturated carbocycles. The fourth-order valence-electron chi connectivity index (χ4n) is 1.70. The lowest BCUT2D eigenvalue weighted by molar-refractivity contribution is 0.722. The van der Waals surface area contributed by atoms with Crippen LogP contribution in [0.5, 0.6) is 0 Å². The third-order valence-corrected chi connectivity index (χ3v) is 3.53. The van der Waals surface area contributed by atoms with Crippen LogP contribution < -0.4 is 5.32 Å². The van der Waals surface area contributed by atoms with Gasteiger partial charge in [-0.3, -0.25) is 0 Å². The van der Waals surface area contributed by atoms with Crippen LogP contribution in [-0.4, -0.2) is 9.55 Å². The van der Waals surface area contributed by atoms with Gasteiger partial charge in [-0.2, -0.15) is 0 Å². The van der Waals surface area contributed by atoms with E-state index in [0.717, 1.165) is 20.1 Å². The maximum atomic E-state index is 6.18. The lowest BCUT2D eigenvalue weighted by atomic mass is 10.2. The van der Waals surface area contributed by atoms with Gasteiger partial charge in [-0.05, 0) is 47.7 Å². The minimum Gasteiger partial charge on any atom is -0.374 e. The van der Waals surface area contributed by atoms with Crippen molar-refractivity contribution in [1.82, 2.24) is 9.55 Å².